The summed E-state index contributed by atoms with van der Waals surface area (Å²) in [6.07, 6.45) is 0.338. The van der Waals surface area contributed by atoms with Crippen molar-refractivity contribution in [3.8, 4) is 5.75 Å². The molecule has 1 rings (SSSR count). The van der Waals surface area contributed by atoms with E-state index in [4.69, 9.17) is 4.74 Å². The van der Waals surface area contributed by atoms with E-state index >= 15 is 0 Å². The molecule has 0 saturated carbocycles. The fourth-order valence-corrected chi connectivity index (χ4v) is 1.18. The predicted molar refractivity (Wildman–Crippen MR) is 56.5 cm³/mol. The van der Waals surface area contributed by atoms with Crippen LogP contribution in [0.15, 0.2) is 12.1 Å². The Morgan fingerprint density at radius 2 is 2.07 bits per heavy atom. The van der Waals surface area contributed by atoms with Crippen molar-refractivity contribution in [1.29, 1.82) is 0 Å². The van der Waals surface area contributed by atoms with Crippen LogP contribution in [0.4, 0.5) is 0 Å². The summed E-state index contributed by atoms with van der Waals surface area (Å²) in [5, 5.41) is 9.33. The summed E-state index contributed by atoms with van der Waals surface area (Å²) >= 11 is 0. The molecule has 0 aliphatic heterocycles. The Labute approximate surface area is 117 Å². The third-order valence-corrected chi connectivity index (χ3v) is 2.14. The molecule has 81 valence electrons. The number of aryl methyl sites for hydroxylation is 2. The molecule has 0 fully saturated rings. The maximum absolute atomic E-state index is 9.33. The van der Waals surface area contributed by atoms with E-state index in [2.05, 4.69) is 6.07 Å². The molecular weight excluding hydrogens is 265 g/mol. The van der Waals surface area contributed by atoms with E-state index in [1.165, 1.54) is 0 Å². The van der Waals surface area contributed by atoms with E-state index in [1.807, 2.05) is 32.9 Å². The second-order valence-corrected chi connectivity index (χ2v) is 3.50. The van der Waals surface area contributed by atoms with Gasteiger partial charge in [0.2, 0.25) is 0 Å². The minimum absolute atomic E-state index is 0. The molecule has 0 saturated heterocycles. The fraction of sp³-hybridized carbons (Fsp3) is 0.500. The Kier molecular flexibility index (Phi) is 7.41. The Bertz CT molecular complexity index is 300. The quantitative estimate of drug-likeness (QED) is 0.858. The summed E-state index contributed by atoms with van der Waals surface area (Å²) < 4.78 is 5.46. The van der Waals surface area contributed by atoms with E-state index in [1.54, 1.807) is 0 Å². The van der Waals surface area contributed by atoms with Gasteiger partial charge in [0.15, 0.2) is 0 Å². The minimum Gasteiger partial charge on any atom is -0.548 e. The summed E-state index contributed by atoms with van der Waals surface area (Å²) in [5.41, 5.74) is 2.10. The zero-order chi connectivity index (χ0) is 10.6. The van der Waals surface area contributed by atoms with Gasteiger partial charge in [0, 0.05) is 38.5 Å². The first kappa shape index (κ1) is 15.1. The van der Waals surface area contributed by atoms with Crippen molar-refractivity contribution >= 4 is 0 Å². The van der Waals surface area contributed by atoms with Crippen molar-refractivity contribution in [2.24, 2.45) is 0 Å². The van der Waals surface area contributed by atoms with E-state index in [0.29, 0.717) is 13.0 Å². The Morgan fingerprint density at radius 1 is 1.40 bits per heavy atom. The van der Waals surface area contributed by atoms with Crippen molar-refractivity contribution in [1.82, 2.24) is 0 Å². The van der Waals surface area contributed by atoms with Crippen molar-refractivity contribution in [2.45, 2.75) is 33.3 Å². The second kappa shape index (κ2) is 7.37. The average Bonchev–Trinajstić information content (AvgIpc) is 2.16. The Morgan fingerprint density at radius 3 is 2.60 bits per heavy atom. The summed E-state index contributed by atoms with van der Waals surface area (Å²) in [5.74, 6) is 0.808. The first-order chi connectivity index (χ1) is 6.63. The monoisotopic (exact) mass is 282 g/mol. The Hall–Kier alpha value is 0.0839. The van der Waals surface area contributed by atoms with Crippen LogP contribution in [0, 0.1) is 19.9 Å². The first-order valence-corrected chi connectivity index (χ1v) is 4.94. The normalized spacial score (nSPS) is 11.7. The average molecular weight is 282 g/mol. The molecule has 2 nitrogen and oxygen atoms in total. The van der Waals surface area contributed by atoms with Crippen LogP contribution in [-0.4, -0.2) is 17.8 Å². The van der Waals surface area contributed by atoms with Crippen LogP contribution in [-0.2, 0) is 32.7 Å². The third-order valence-electron chi connectivity index (χ3n) is 2.14. The van der Waals surface area contributed by atoms with Gasteiger partial charge in [0.1, 0.15) is 0 Å². The van der Waals surface area contributed by atoms with Gasteiger partial charge in [-0.15, -0.1) is 11.6 Å². The molecule has 0 unspecified atom stereocenters. The molecule has 0 aromatic heterocycles. The molecule has 0 bridgehead atoms. The topological polar surface area (TPSA) is 29.5 Å². The molecule has 1 N–H and O–H groups in total. The number of hydrogen-bond donors (Lipinski definition) is 1. The molecular formula is C12H17O2Y-. The van der Waals surface area contributed by atoms with Gasteiger partial charge >= 0.3 is 0 Å². The van der Waals surface area contributed by atoms with Crippen molar-refractivity contribution in [3.05, 3.63) is 29.3 Å². The number of rotatable bonds is 4. The zero-order valence-electron chi connectivity index (χ0n) is 9.58. The van der Waals surface area contributed by atoms with Crippen LogP contribution >= 0.6 is 0 Å². The van der Waals surface area contributed by atoms with E-state index in [9.17, 15) is 5.11 Å². The molecule has 0 spiro atoms. The number of benzene rings is 1. The molecule has 1 atom stereocenters. The number of hydrogen-bond acceptors (Lipinski definition) is 2. The second-order valence-electron chi connectivity index (χ2n) is 3.50. The van der Waals surface area contributed by atoms with Gasteiger partial charge in [-0.25, -0.2) is 0 Å². The molecule has 0 amide bonds. The van der Waals surface area contributed by atoms with Gasteiger partial charge < -0.3 is 9.84 Å². The number of aliphatic hydroxyl groups is 1. The van der Waals surface area contributed by atoms with Crippen LogP contribution in [0.1, 0.15) is 24.5 Å². The summed E-state index contributed by atoms with van der Waals surface area (Å²) in [6.45, 7) is 6.24. The summed E-state index contributed by atoms with van der Waals surface area (Å²) in [7, 11) is 0. The summed E-state index contributed by atoms with van der Waals surface area (Å²) in [6, 6.07) is 7.05. The van der Waals surface area contributed by atoms with Crippen LogP contribution < -0.4 is 4.74 Å². The van der Waals surface area contributed by atoms with E-state index in [0.717, 1.165) is 16.9 Å². The summed E-state index contributed by atoms with van der Waals surface area (Å²) in [4.78, 5) is 0. The smallest absolute Gasteiger partial charge is 0.0973 e. The van der Waals surface area contributed by atoms with Crippen LogP contribution in [0.5, 0.6) is 5.75 Å². The number of aliphatic hydroxyl groups excluding tert-OH is 1. The standard InChI is InChI=1S/C12H17O2.Y/c1-4-11(13)8-14-12-6-5-9(2)7-10(12)3;/h5-6,11,13H,4,8H2,1-3H3;/q-1;/t11-;/m0./s1. The van der Waals surface area contributed by atoms with Crippen LogP contribution in [0.2, 0.25) is 0 Å². The fourth-order valence-electron chi connectivity index (χ4n) is 1.18. The third kappa shape index (κ3) is 5.10. The van der Waals surface area contributed by atoms with Crippen LogP contribution in [0.25, 0.3) is 0 Å². The van der Waals surface area contributed by atoms with Gasteiger partial charge in [0.25, 0.3) is 0 Å². The number of ether oxygens (including phenoxy) is 1. The maximum Gasteiger partial charge on any atom is 0.0973 e. The minimum atomic E-state index is -0.379. The van der Waals surface area contributed by atoms with E-state index < -0.39 is 0 Å². The molecule has 1 aromatic carbocycles. The Balaban J connectivity index is 0.00000196. The molecule has 0 heterocycles. The molecule has 0 aliphatic carbocycles. The van der Waals surface area contributed by atoms with Gasteiger partial charge in [-0.3, -0.25) is 0 Å². The predicted octanol–water partition coefficient (Wildman–Crippen LogP) is 2.25. The SMILES string of the molecule is CC[C@H](O)COc1ccc(C)[c-]c1C.[Y]. The maximum atomic E-state index is 9.33. The largest absolute Gasteiger partial charge is 0.548 e. The molecule has 15 heavy (non-hydrogen) atoms. The van der Waals surface area contributed by atoms with Crippen molar-refractivity contribution < 1.29 is 42.6 Å². The zero-order valence-corrected chi connectivity index (χ0v) is 12.4. The van der Waals surface area contributed by atoms with Gasteiger partial charge in [0.05, 0.1) is 12.7 Å². The molecule has 1 radical (unpaired) electrons. The van der Waals surface area contributed by atoms with Crippen molar-refractivity contribution in [3.63, 3.8) is 0 Å². The van der Waals surface area contributed by atoms with Crippen LogP contribution in [0.3, 0.4) is 0 Å². The molecule has 0 aliphatic rings. The van der Waals surface area contributed by atoms with Gasteiger partial charge in [-0.2, -0.15) is 17.7 Å². The first-order valence-electron chi connectivity index (χ1n) is 4.94. The molecule has 3 heteroatoms. The van der Waals surface area contributed by atoms with Gasteiger partial charge in [-0.1, -0.05) is 20.8 Å². The molecule has 1 aromatic rings. The van der Waals surface area contributed by atoms with E-state index in [-0.39, 0.29) is 38.8 Å². The van der Waals surface area contributed by atoms with Gasteiger partial charge in [-0.05, 0) is 6.42 Å². The van der Waals surface area contributed by atoms with Crippen molar-refractivity contribution in [2.75, 3.05) is 6.61 Å².